The summed E-state index contributed by atoms with van der Waals surface area (Å²) in [6.07, 6.45) is 5.00. The van der Waals surface area contributed by atoms with Crippen LogP contribution in [0, 0.1) is 0 Å². The molecule has 0 saturated carbocycles. The second-order valence-corrected chi connectivity index (χ2v) is 5.31. The number of nitrogens with zero attached hydrogens (tertiary/aromatic N) is 2. The molecule has 1 aromatic heterocycles. The first-order valence-electron chi connectivity index (χ1n) is 5.34. The van der Waals surface area contributed by atoms with Crippen molar-refractivity contribution in [1.29, 1.82) is 0 Å². The fourth-order valence-electron chi connectivity index (χ4n) is 1.44. The number of thiocarbonyl (C=S) groups is 1. The summed E-state index contributed by atoms with van der Waals surface area (Å²) in [6, 6.07) is 3.61. The van der Waals surface area contributed by atoms with Gasteiger partial charge in [0.05, 0.1) is 12.0 Å². The van der Waals surface area contributed by atoms with Crippen LogP contribution in [-0.4, -0.2) is 39.7 Å². The number of esters is 1. The van der Waals surface area contributed by atoms with E-state index >= 15 is 0 Å². The van der Waals surface area contributed by atoms with Gasteiger partial charge in [0.2, 0.25) is 0 Å². The zero-order valence-corrected chi connectivity index (χ0v) is 11.7. The summed E-state index contributed by atoms with van der Waals surface area (Å²) in [5.41, 5.74) is 0.807. The summed E-state index contributed by atoms with van der Waals surface area (Å²) in [5.74, 6) is -0.789. The lowest BCUT2D eigenvalue weighted by atomic mass is 10.2. The monoisotopic (exact) mass is 294 g/mol. The Morgan fingerprint density at radius 1 is 1.63 bits per heavy atom. The summed E-state index contributed by atoms with van der Waals surface area (Å²) < 4.78 is 4.88. The van der Waals surface area contributed by atoms with Gasteiger partial charge in [-0.25, -0.2) is 0 Å². The van der Waals surface area contributed by atoms with Gasteiger partial charge >= 0.3 is 5.97 Å². The van der Waals surface area contributed by atoms with Gasteiger partial charge in [-0.1, -0.05) is 30.0 Å². The average molecular weight is 294 g/mol. The van der Waals surface area contributed by atoms with Crippen molar-refractivity contribution in [3.05, 3.63) is 35.0 Å². The van der Waals surface area contributed by atoms with E-state index in [9.17, 15) is 9.59 Å². The van der Waals surface area contributed by atoms with Crippen molar-refractivity contribution in [2.45, 2.75) is 0 Å². The number of thioether (sulfide) groups is 1. The molecule has 2 heterocycles. The Morgan fingerprint density at radius 3 is 3.05 bits per heavy atom. The molecule has 1 aromatic rings. The molecule has 0 spiro atoms. The highest BCUT2D eigenvalue weighted by Gasteiger charge is 2.33. The summed E-state index contributed by atoms with van der Waals surface area (Å²) in [7, 11) is 1.27. The first-order valence-corrected chi connectivity index (χ1v) is 6.56. The van der Waals surface area contributed by atoms with E-state index in [1.807, 2.05) is 6.07 Å². The number of aromatic nitrogens is 1. The molecule has 7 heteroatoms. The van der Waals surface area contributed by atoms with Crippen LogP contribution in [0.3, 0.4) is 0 Å². The van der Waals surface area contributed by atoms with Crippen LogP contribution < -0.4 is 0 Å². The maximum atomic E-state index is 12.1. The lowest BCUT2D eigenvalue weighted by molar-refractivity contribution is -0.143. The Labute approximate surface area is 119 Å². The molecule has 0 radical (unpaired) electrons. The van der Waals surface area contributed by atoms with Gasteiger partial charge in [0.15, 0.2) is 0 Å². The molecule has 1 fully saturated rings. The molecular weight excluding hydrogens is 284 g/mol. The zero-order chi connectivity index (χ0) is 13.8. The van der Waals surface area contributed by atoms with E-state index in [0.717, 1.165) is 17.3 Å². The molecule has 1 amide bonds. The van der Waals surface area contributed by atoms with Gasteiger partial charge in [-0.3, -0.25) is 19.5 Å². The van der Waals surface area contributed by atoms with Crippen molar-refractivity contribution >= 4 is 46.3 Å². The number of methoxy groups -OCH3 is 1. The standard InChI is InChI=1S/C12H10N2O3S2/c1-17-10(15)7-14-11(16)9(19-12(14)18)5-8-3-2-4-13-6-8/h2-6H,7H2,1H3/b9-5+. The van der Waals surface area contributed by atoms with E-state index < -0.39 is 5.97 Å². The third kappa shape index (κ3) is 3.18. The minimum absolute atomic E-state index is 0.161. The molecule has 0 N–H and O–H groups in total. The summed E-state index contributed by atoms with van der Waals surface area (Å²) in [5, 5.41) is 0. The molecule has 0 atom stereocenters. The molecule has 0 unspecified atom stereocenters. The number of carbonyl (C=O) groups is 2. The first-order chi connectivity index (χ1) is 9.11. The lowest BCUT2D eigenvalue weighted by Crippen LogP contribution is -2.33. The minimum Gasteiger partial charge on any atom is -0.468 e. The summed E-state index contributed by atoms with van der Waals surface area (Å²) >= 11 is 6.24. The van der Waals surface area contributed by atoms with Gasteiger partial charge in [0, 0.05) is 12.4 Å². The van der Waals surface area contributed by atoms with Crippen LogP contribution in [0.25, 0.3) is 6.08 Å². The highest BCUT2D eigenvalue weighted by molar-refractivity contribution is 8.26. The van der Waals surface area contributed by atoms with Crippen LogP contribution in [-0.2, 0) is 14.3 Å². The lowest BCUT2D eigenvalue weighted by Gasteiger charge is -2.11. The Kier molecular flexibility index (Phi) is 4.28. The largest absolute Gasteiger partial charge is 0.468 e. The molecule has 0 bridgehead atoms. The van der Waals surface area contributed by atoms with Crippen LogP contribution >= 0.6 is 24.0 Å². The van der Waals surface area contributed by atoms with E-state index in [2.05, 4.69) is 9.72 Å². The van der Waals surface area contributed by atoms with Crippen LogP contribution in [0.2, 0.25) is 0 Å². The van der Waals surface area contributed by atoms with Crippen LogP contribution in [0.15, 0.2) is 29.4 Å². The van der Waals surface area contributed by atoms with E-state index in [1.165, 1.54) is 12.0 Å². The van der Waals surface area contributed by atoms with Gasteiger partial charge in [-0.05, 0) is 17.7 Å². The van der Waals surface area contributed by atoms with Crippen molar-refractivity contribution in [3.8, 4) is 0 Å². The second kappa shape index (κ2) is 5.94. The van der Waals surface area contributed by atoms with Gasteiger partial charge in [-0.15, -0.1) is 0 Å². The molecule has 0 aliphatic carbocycles. The molecule has 1 aliphatic heterocycles. The maximum Gasteiger partial charge on any atom is 0.325 e. The normalized spacial score (nSPS) is 17.1. The van der Waals surface area contributed by atoms with Crippen LogP contribution in [0.4, 0.5) is 0 Å². The molecule has 0 aromatic carbocycles. The van der Waals surface area contributed by atoms with E-state index in [-0.39, 0.29) is 12.5 Å². The van der Waals surface area contributed by atoms with Crippen molar-refractivity contribution < 1.29 is 14.3 Å². The third-order valence-corrected chi connectivity index (χ3v) is 3.75. The third-order valence-electron chi connectivity index (χ3n) is 2.37. The fraction of sp³-hybridized carbons (Fsp3) is 0.167. The van der Waals surface area contributed by atoms with Gasteiger partial charge in [-0.2, -0.15) is 0 Å². The van der Waals surface area contributed by atoms with Crippen LogP contribution in [0.5, 0.6) is 0 Å². The van der Waals surface area contributed by atoms with Crippen molar-refractivity contribution in [2.24, 2.45) is 0 Å². The molecule has 5 nitrogen and oxygen atoms in total. The number of pyridine rings is 1. The highest BCUT2D eigenvalue weighted by atomic mass is 32.2. The molecular formula is C12H10N2O3S2. The molecule has 19 heavy (non-hydrogen) atoms. The van der Waals surface area contributed by atoms with Crippen LogP contribution in [0.1, 0.15) is 5.56 Å². The first kappa shape index (κ1) is 13.7. The predicted molar refractivity (Wildman–Crippen MR) is 76.1 cm³/mol. The van der Waals surface area contributed by atoms with Gasteiger partial charge in [0.1, 0.15) is 10.9 Å². The molecule has 1 saturated heterocycles. The van der Waals surface area contributed by atoms with Gasteiger partial charge in [0.25, 0.3) is 5.91 Å². The summed E-state index contributed by atoms with van der Waals surface area (Å²) in [6.45, 7) is -0.161. The van der Waals surface area contributed by atoms with E-state index in [0.29, 0.717) is 9.23 Å². The van der Waals surface area contributed by atoms with E-state index in [1.54, 1.807) is 24.5 Å². The number of rotatable bonds is 3. The molecule has 1 aliphatic rings. The molecule has 98 valence electrons. The Bertz CT molecular complexity index is 557. The predicted octanol–water partition coefficient (Wildman–Crippen LogP) is 1.46. The maximum absolute atomic E-state index is 12.1. The smallest absolute Gasteiger partial charge is 0.325 e. The second-order valence-electron chi connectivity index (χ2n) is 3.63. The van der Waals surface area contributed by atoms with Crippen molar-refractivity contribution in [1.82, 2.24) is 9.88 Å². The quantitative estimate of drug-likeness (QED) is 0.478. The van der Waals surface area contributed by atoms with Crippen molar-refractivity contribution in [2.75, 3.05) is 13.7 Å². The Balaban J connectivity index is 2.18. The minimum atomic E-state index is -0.501. The number of hydrogen-bond donors (Lipinski definition) is 0. The average Bonchev–Trinajstić information content (AvgIpc) is 2.67. The zero-order valence-electron chi connectivity index (χ0n) is 10.0. The number of hydrogen-bond acceptors (Lipinski definition) is 6. The Morgan fingerprint density at radius 2 is 2.42 bits per heavy atom. The number of ether oxygens (including phenoxy) is 1. The highest BCUT2D eigenvalue weighted by Crippen LogP contribution is 2.32. The van der Waals surface area contributed by atoms with Gasteiger partial charge < -0.3 is 4.74 Å². The topological polar surface area (TPSA) is 59.5 Å². The number of carbonyl (C=O) groups excluding carboxylic acids is 2. The number of amides is 1. The SMILES string of the molecule is COC(=O)CN1C(=O)/C(=C\c2cccnc2)SC1=S. The van der Waals surface area contributed by atoms with E-state index in [4.69, 9.17) is 12.2 Å². The Hall–Kier alpha value is -1.73. The molecule has 2 rings (SSSR count). The van der Waals surface area contributed by atoms with Crippen molar-refractivity contribution in [3.63, 3.8) is 0 Å². The summed E-state index contributed by atoms with van der Waals surface area (Å²) in [4.78, 5) is 29.0. The fourth-order valence-corrected chi connectivity index (χ4v) is 2.70.